The molecule has 0 atom stereocenters. The van der Waals surface area contributed by atoms with Crippen molar-refractivity contribution in [1.29, 1.82) is 0 Å². The molecule has 0 amide bonds. The van der Waals surface area contributed by atoms with Gasteiger partial charge < -0.3 is 5.73 Å². The molecule has 0 radical (unpaired) electrons. The van der Waals surface area contributed by atoms with Crippen molar-refractivity contribution in [3.8, 4) is 0 Å². The molecule has 1 rings (SSSR count). The molecule has 15 heavy (non-hydrogen) atoms. The van der Waals surface area contributed by atoms with E-state index in [9.17, 15) is 8.42 Å². The lowest BCUT2D eigenvalue weighted by molar-refractivity contribution is 0.598. The number of rotatable bonds is 5. The van der Waals surface area contributed by atoms with E-state index in [1.807, 2.05) is 0 Å². The Kier molecular flexibility index (Phi) is 4.05. The molecule has 5 nitrogen and oxygen atoms in total. The number of hydrogen-bond donors (Lipinski definition) is 2. The highest BCUT2D eigenvalue weighted by Crippen LogP contribution is 2.06. The maximum absolute atomic E-state index is 11.5. The molecule has 6 heteroatoms. The first-order valence-electron chi connectivity index (χ1n) is 4.68. The second-order valence-electron chi connectivity index (χ2n) is 3.23. The van der Waals surface area contributed by atoms with Gasteiger partial charge in [-0.25, -0.2) is 13.4 Å². The van der Waals surface area contributed by atoms with Gasteiger partial charge in [-0.2, -0.15) is 0 Å². The third-order valence-corrected chi connectivity index (χ3v) is 3.11. The highest BCUT2D eigenvalue weighted by atomic mass is 32.2. The van der Waals surface area contributed by atoms with E-state index in [1.54, 1.807) is 25.1 Å². The quantitative estimate of drug-likeness (QED) is 0.769. The lowest BCUT2D eigenvalue weighted by atomic mass is 10.4. The minimum atomic E-state index is -3.31. The Bertz CT molecular complexity index is 417. The Labute approximate surface area is 89.8 Å². The van der Waals surface area contributed by atoms with Gasteiger partial charge in [-0.3, -0.25) is 4.72 Å². The standard InChI is InChI=1S/C9H15N3O2S/c1-8-4-2-5-9(11-8)12-15(13,14)7-3-6-10/h2,4-5H,3,6-7,10H2,1H3,(H,11,12). The summed E-state index contributed by atoms with van der Waals surface area (Å²) in [5.41, 5.74) is 6.02. The molecule has 0 bridgehead atoms. The van der Waals surface area contributed by atoms with Gasteiger partial charge in [0, 0.05) is 5.69 Å². The van der Waals surface area contributed by atoms with Crippen LogP contribution >= 0.6 is 0 Å². The topological polar surface area (TPSA) is 85.1 Å². The second-order valence-corrected chi connectivity index (χ2v) is 5.07. The van der Waals surface area contributed by atoms with Crippen LogP contribution in [0.1, 0.15) is 12.1 Å². The summed E-state index contributed by atoms with van der Waals surface area (Å²) in [4.78, 5) is 4.04. The SMILES string of the molecule is Cc1cccc(NS(=O)(=O)CCCN)n1. The van der Waals surface area contributed by atoms with Gasteiger partial charge in [0.05, 0.1) is 5.75 Å². The summed E-state index contributed by atoms with van der Waals surface area (Å²) in [5.74, 6) is 0.381. The molecule has 1 aromatic heterocycles. The highest BCUT2D eigenvalue weighted by molar-refractivity contribution is 7.92. The van der Waals surface area contributed by atoms with Gasteiger partial charge in [-0.1, -0.05) is 6.07 Å². The number of nitrogens with two attached hydrogens (primary N) is 1. The van der Waals surface area contributed by atoms with Gasteiger partial charge in [0.25, 0.3) is 0 Å². The fourth-order valence-corrected chi connectivity index (χ4v) is 2.16. The molecule has 1 aromatic rings. The average Bonchev–Trinajstić information content (AvgIpc) is 2.14. The zero-order chi connectivity index (χ0) is 11.3. The van der Waals surface area contributed by atoms with E-state index in [0.717, 1.165) is 5.69 Å². The minimum absolute atomic E-state index is 0.0269. The molecule has 0 aliphatic carbocycles. The summed E-state index contributed by atoms with van der Waals surface area (Å²) in [5, 5.41) is 0. The fraction of sp³-hybridized carbons (Fsp3) is 0.444. The average molecular weight is 229 g/mol. The third-order valence-electron chi connectivity index (χ3n) is 1.77. The Morgan fingerprint density at radius 3 is 2.80 bits per heavy atom. The predicted molar refractivity (Wildman–Crippen MR) is 60.1 cm³/mol. The second kappa shape index (κ2) is 5.09. The van der Waals surface area contributed by atoms with Crippen LogP contribution in [0.5, 0.6) is 0 Å². The number of anilines is 1. The normalized spacial score (nSPS) is 11.3. The molecule has 0 aliphatic rings. The van der Waals surface area contributed by atoms with Crippen LogP contribution in [0.4, 0.5) is 5.82 Å². The molecule has 84 valence electrons. The largest absolute Gasteiger partial charge is 0.330 e. The van der Waals surface area contributed by atoms with Crippen molar-refractivity contribution in [1.82, 2.24) is 4.98 Å². The van der Waals surface area contributed by atoms with E-state index < -0.39 is 10.0 Å². The molecule has 0 aromatic carbocycles. The van der Waals surface area contributed by atoms with E-state index >= 15 is 0 Å². The zero-order valence-electron chi connectivity index (χ0n) is 8.60. The summed E-state index contributed by atoms with van der Waals surface area (Å²) in [6, 6.07) is 5.17. The van der Waals surface area contributed by atoms with Crippen LogP contribution < -0.4 is 10.5 Å². The van der Waals surface area contributed by atoms with Crippen molar-refractivity contribution >= 4 is 15.8 Å². The van der Waals surface area contributed by atoms with Gasteiger partial charge in [-0.15, -0.1) is 0 Å². The lowest BCUT2D eigenvalue weighted by Gasteiger charge is -2.06. The number of nitrogens with one attached hydrogen (secondary N) is 1. The van der Waals surface area contributed by atoms with E-state index in [1.165, 1.54) is 0 Å². The number of hydrogen-bond acceptors (Lipinski definition) is 4. The van der Waals surface area contributed by atoms with Crippen molar-refractivity contribution in [2.45, 2.75) is 13.3 Å². The summed E-state index contributed by atoms with van der Waals surface area (Å²) in [6.45, 7) is 2.17. The van der Waals surface area contributed by atoms with Gasteiger partial charge in [0.2, 0.25) is 10.0 Å². The first-order chi connectivity index (χ1) is 7.03. The van der Waals surface area contributed by atoms with Crippen molar-refractivity contribution in [3.05, 3.63) is 23.9 Å². The van der Waals surface area contributed by atoms with E-state index in [-0.39, 0.29) is 5.75 Å². The first-order valence-corrected chi connectivity index (χ1v) is 6.33. The number of pyridine rings is 1. The molecular formula is C9H15N3O2S. The van der Waals surface area contributed by atoms with Crippen molar-refractivity contribution < 1.29 is 8.42 Å². The van der Waals surface area contributed by atoms with Gasteiger partial charge in [0.15, 0.2) is 0 Å². The van der Waals surface area contributed by atoms with Crippen LogP contribution in [0.15, 0.2) is 18.2 Å². The molecular weight excluding hydrogens is 214 g/mol. The number of aryl methyl sites for hydroxylation is 1. The minimum Gasteiger partial charge on any atom is -0.330 e. The summed E-state index contributed by atoms with van der Waals surface area (Å²) >= 11 is 0. The summed E-state index contributed by atoms with van der Waals surface area (Å²) < 4.78 is 25.3. The first kappa shape index (κ1) is 11.9. The molecule has 0 unspecified atom stereocenters. The lowest BCUT2D eigenvalue weighted by Crippen LogP contribution is -2.19. The highest BCUT2D eigenvalue weighted by Gasteiger charge is 2.09. The molecule has 1 heterocycles. The Hall–Kier alpha value is -1.14. The van der Waals surface area contributed by atoms with E-state index in [0.29, 0.717) is 18.8 Å². The summed E-state index contributed by atoms with van der Waals surface area (Å²) in [7, 11) is -3.31. The molecule has 0 spiro atoms. The van der Waals surface area contributed by atoms with Gasteiger partial charge >= 0.3 is 0 Å². The van der Waals surface area contributed by atoms with Crippen molar-refractivity contribution in [2.75, 3.05) is 17.0 Å². The predicted octanol–water partition coefficient (Wildman–Crippen LogP) is 0.481. The Morgan fingerprint density at radius 2 is 2.20 bits per heavy atom. The van der Waals surface area contributed by atoms with Crippen molar-refractivity contribution in [3.63, 3.8) is 0 Å². The third kappa shape index (κ3) is 4.26. The zero-order valence-corrected chi connectivity index (χ0v) is 9.42. The van der Waals surface area contributed by atoms with Crippen LogP contribution in [0, 0.1) is 6.92 Å². The van der Waals surface area contributed by atoms with Crippen molar-refractivity contribution in [2.24, 2.45) is 5.73 Å². The monoisotopic (exact) mass is 229 g/mol. The van der Waals surface area contributed by atoms with Crippen LogP contribution in [-0.4, -0.2) is 25.7 Å². The number of aromatic nitrogens is 1. The number of nitrogens with zero attached hydrogens (tertiary/aromatic N) is 1. The maximum Gasteiger partial charge on any atom is 0.233 e. The Balaban J connectivity index is 2.69. The van der Waals surface area contributed by atoms with Crippen LogP contribution in [-0.2, 0) is 10.0 Å². The molecule has 0 saturated carbocycles. The van der Waals surface area contributed by atoms with Crippen LogP contribution in [0.2, 0.25) is 0 Å². The smallest absolute Gasteiger partial charge is 0.233 e. The molecule has 0 saturated heterocycles. The van der Waals surface area contributed by atoms with Gasteiger partial charge in [-0.05, 0) is 32.0 Å². The molecule has 0 aliphatic heterocycles. The maximum atomic E-state index is 11.5. The van der Waals surface area contributed by atoms with Crippen LogP contribution in [0.3, 0.4) is 0 Å². The van der Waals surface area contributed by atoms with E-state index in [4.69, 9.17) is 5.73 Å². The number of sulfonamides is 1. The fourth-order valence-electron chi connectivity index (χ4n) is 1.08. The van der Waals surface area contributed by atoms with E-state index in [2.05, 4.69) is 9.71 Å². The summed E-state index contributed by atoms with van der Waals surface area (Å²) in [6.07, 6.45) is 0.446. The van der Waals surface area contributed by atoms with Gasteiger partial charge in [0.1, 0.15) is 5.82 Å². The molecule has 3 N–H and O–H groups in total. The Morgan fingerprint density at radius 1 is 1.47 bits per heavy atom. The molecule has 0 fully saturated rings. The van der Waals surface area contributed by atoms with Crippen LogP contribution in [0.25, 0.3) is 0 Å².